The molecule has 8 heteroatoms. The van der Waals surface area contributed by atoms with Crippen molar-refractivity contribution in [2.75, 3.05) is 5.32 Å². The van der Waals surface area contributed by atoms with Crippen molar-refractivity contribution >= 4 is 63.7 Å². The van der Waals surface area contributed by atoms with Crippen LogP contribution in [0.5, 0.6) is 0 Å². The van der Waals surface area contributed by atoms with Crippen LogP contribution in [0, 0.1) is 6.92 Å². The summed E-state index contributed by atoms with van der Waals surface area (Å²) in [6.07, 6.45) is 7.42. The van der Waals surface area contributed by atoms with Crippen molar-refractivity contribution < 1.29 is 4.79 Å². The van der Waals surface area contributed by atoms with Crippen LogP contribution in [0.3, 0.4) is 0 Å². The van der Waals surface area contributed by atoms with Crippen molar-refractivity contribution in [1.82, 2.24) is 10.6 Å². The number of nitrogens with one attached hydrogen (secondary N) is 3. The number of hydrogen-bond acceptors (Lipinski definition) is 2. The quantitative estimate of drug-likeness (QED) is 0.156. The predicted molar refractivity (Wildman–Crippen MR) is 125 cm³/mol. The Balaban J connectivity index is 2.42. The molecule has 1 rings (SSSR count). The fourth-order valence-corrected chi connectivity index (χ4v) is 3.17. The third kappa shape index (κ3) is 11.3. The highest BCUT2D eigenvalue weighted by molar-refractivity contribution is 7.80. The summed E-state index contributed by atoms with van der Waals surface area (Å²) < 4.78 is -1.74. The Morgan fingerprint density at radius 1 is 1.00 bits per heavy atom. The molecule has 1 atom stereocenters. The zero-order chi connectivity index (χ0) is 21.0. The van der Waals surface area contributed by atoms with Crippen molar-refractivity contribution in [2.45, 2.75) is 75.2 Å². The molecule has 1 aromatic rings. The van der Waals surface area contributed by atoms with Crippen LogP contribution in [0.25, 0.3) is 0 Å². The van der Waals surface area contributed by atoms with Gasteiger partial charge in [-0.25, -0.2) is 0 Å². The number of alkyl halides is 3. The number of aryl methyl sites for hydroxylation is 1. The minimum atomic E-state index is -1.74. The molecule has 4 nitrogen and oxygen atoms in total. The molecular weight excluding hydrogens is 437 g/mol. The first-order valence-electron chi connectivity index (χ1n) is 9.72. The second-order valence-corrected chi connectivity index (χ2v) is 9.66. The van der Waals surface area contributed by atoms with E-state index in [4.69, 9.17) is 47.0 Å². The average Bonchev–Trinajstić information content (AvgIpc) is 2.61. The summed E-state index contributed by atoms with van der Waals surface area (Å²) in [5, 5.41) is 8.86. The van der Waals surface area contributed by atoms with Crippen LogP contribution in [0.4, 0.5) is 5.69 Å². The van der Waals surface area contributed by atoms with Crippen molar-refractivity contribution in [3.63, 3.8) is 0 Å². The van der Waals surface area contributed by atoms with Crippen molar-refractivity contribution in [2.24, 2.45) is 0 Å². The third-order valence-electron chi connectivity index (χ3n) is 4.22. The lowest BCUT2D eigenvalue weighted by Crippen LogP contribution is -2.56. The van der Waals surface area contributed by atoms with Crippen LogP contribution in [0.15, 0.2) is 24.3 Å². The lowest BCUT2D eigenvalue weighted by atomic mass is 10.1. The summed E-state index contributed by atoms with van der Waals surface area (Å²) >= 11 is 23.3. The first-order valence-corrected chi connectivity index (χ1v) is 11.3. The number of carbonyl (C=O) groups excluding carboxylic acids is 1. The van der Waals surface area contributed by atoms with Crippen LogP contribution < -0.4 is 16.0 Å². The van der Waals surface area contributed by atoms with Gasteiger partial charge in [-0.2, -0.15) is 0 Å². The zero-order valence-corrected chi connectivity index (χ0v) is 19.6. The minimum Gasteiger partial charge on any atom is -0.339 e. The maximum Gasteiger partial charge on any atom is 0.228 e. The first kappa shape index (κ1) is 25.3. The van der Waals surface area contributed by atoms with Gasteiger partial charge in [-0.15, -0.1) is 0 Å². The number of unbranched alkanes of at least 4 members (excludes halogenated alkanes) is 6. The lowest BCUT2D eigenvalue weighted by molar-refractivity contribution is -0.122. The summed E-state index contributed by atoms with van der Waals surface area (Å²) in [6.45, 7) is 4.20. The minimum absolute atomic E-state index is 0.171. The van der Waals surface area contributed by atoms with Crippen LogP contribution >= 0.6 is 47.0 Å². The number of halogens is 3. The molecule has 3 N–H and O–H groups in total. The Morgan fingerprint density at radius 3 is 2.14 bits per heavy atom. The van der Waals surface area contributed by atoms with E-state index in [0.29, 0.717) is 6.42 Å². The van der Waals surface area contributed by atoms with Crippen LogP contribution in [-0.4, -0.2) is 21.0 Å². The SMILES string of the molecule is CCCCCCCCCC(=O)NC(NC(=S)Nc1ccc(C)cc1)C(Cl)(Cl)Cl. The fraction of sp³-hybridized carbons (Fsp3) is 0.600. The summed E-state index contributed by atoms with van der Waals surface area (Å²) in [5.74, 6) is -0.171. The van der Waals surface area contributed by atoms with Gasteiger partial charge in [0.05, 0.1) is 0 Å². The van der Waals surface area contributed by atoms with E-state index in [-0.39, 0.29) is 11.0 Å². The molecule has 0 aliphatic carbocycles. The van der Waals surface area contributed by atoms with E-state index in [1.165, 1.54) is 25.7 Å². The van der Waals surface area contributed by atoms with Crippen molar-refractivity contribution in [3.8, 4) is 0 Å². The van der Waals surface area contributed by atoms with E-state index in [9.17, 15) is 4.79 Å². The second kappa shape index (κ2) is 13.5. The van der Waals surface area contributed by atoms with Gasteiger partial charge < -0.3 is 16.0 Å². The molecule has 0 heterocycles. The lowest BCUT2D eigenvalue weighted by Gasteiger charge is -2.27. The first-order chi connectivity index (χ1) is 13.2. The van der Waals surface area contributed by atoms with Gasteiger partial charge in [0.1, 0.15) is 6.17 Å². The van der Waals surface area contributed by atoms with E-state index in [1.807, 2.05) is 31.2 Å². The zero-order valence-electron chi connectivity index (χ0n) is 16.5. The van der Waals surface area contributed by atoms with E-state index >= 15 is 0 Å². The monoisotopic (exact) mass is 465 g/mol. The number of amides is 1. The Hall–Kier alpha value is -0.750. The standard InChI is InChI=1S/C20H30Cl3N3OS/c1-3-4-5-6-7-8-9-10-17(27)25-18(20(21,22)23)26-19(28)24-16-13-11-15(2)12-14-16/h11-14,18H,3-10H2,1-2H3,(H,25,27)(H2,24,26,28). The van der Waals surface area contributed by atoms with Gasteiger partial charge in [0.15, 0.2) is 5.11 Å². The van der Waals surface area contributed by atoms with E-state index < -0.39 is 9.96 Å². The van der Waals surface area contributed by atoms with Crippen molar-refractivity contribution in [3.05, 3.63) is 29.8 Å². The average molecular weight is 467 g/mol. The molecule has 0 radical (unpaired) electrons. The van der Waals surface area contributed by atoms with Gasteiger partial charge in [-0.3, -0.25) is 4.79 Å². The summed E-state index contributed by atoms with van der Waals surface area (Å²) in [5.41, 5.74) is 1.95. The predicted octanol–water partition coefficient (Wildman–Crippen LogP) is 6.23. The summed E-state index contributed by atoms with van der Waals surface area (Å²) in [7, 11) is 0. The van der Waals surface area contributed by atoms with Crippen LogP contribution in [0.1, 0.15) is 63.9 Å². The fourth-order valence-electron chi connectivity index (χ4n) is 2.61. The van der Waals surface area contributed by atoms with Gasteiger partial charge in [0.2, 0.25) is 9.70 Å². The number of rotatable bonds is 11. The molecule has 1 unspecified atom stereocenters. The number of anilines is 1. The highest BCUT2D eigenvalue weighted by Gasteiger charge is 2.34. The van der Waals surface area contributed by atoms with Gasteiger partial charge in [-0.1, -0.05) is 97.9 Å². The van der Waals surface area contributed by atoms with Crippen LogP contribution in [-0.2, 0) is 4.79 Å². The molecule has 0 aromatic heterocycles. The smallest absolute Gasteiger partial charge is 0.228 e. The number of carbonyl (C=O) groups is 1. The third-order valence-corrected chi connectivity index (χ3v) is 5.10. The molecule has 1 aromatic carbocycles. The molecule has 0 aliphatic rings. The molecule has 0 fully saturated rings. The van der Waals surface area contributed by atoms with Gasteiger partial charge in [0, 0.05) is 12.1 Å². The van der Waals surface area contributed by atoms with Gasteiger partial charge in [0.25, 0.3) is 0 Å². The topological polar surface area (TPSA) is 53.2 Å². The molecule has 0 saturated carbocycles. The molecular formula is C20H30Cl3N3OS. The normalized spacial score (nSPS) is 12.3. The summed E-state index contributed by atoms with van der Waals surface area (Å²) in [4.78, 5) is 12.2. The second-order valence-electron chi connectivity index (χ2n) is 6.88. The molecule has 158 valence electrons. The molecule has 0 saturated heterocycles. The Kier molecular flexibility index (Phi) is 12.2. The van der Waals surface area contributed by atoms with Gasteiger partial charge in [-0.05, 0) is 37.7 Å². The maximum atomic E-state index is 12.2. The van der Waals surface area contributed by atoms with Gasteiger partial charge >= 0.3 is 0 Å². The molecule has 0 spiro atoms. The number of hydrogen-bond donors (Lipinski definition) is 3. The highest BCUT2D eigenvalue weighted by Crippen LogP contribution is 2.29. The Labute approximate surface area is 189 Å². The Morgan fingerprint density at radius 2 is 1.57 bits per heavy atom. The largest absolute Gasteiger partial charge is 0.339 e. The molecule has 28 heavy (non-hydrogen) atoms. The van der Waals surface area contributed by atoms with E-state index in [2.05, 4.69) is 22.9 Å². The summed E-state index contributed by atoms with van der Waals surface area (Å²) in [6, 6.07) is 7.71. The number of benzene rings is 1. The number of thiocarbonyl (C=S) groups is 1. The molecule has 0 aliphatic heterocycles. The maximum absolute atomic E-state index is 12.2. The molecule has 0 bridgehead atoms. The van der Waals surface area contributed by atoms with Crippen LogP contribution in [0.2, 0.25) is 0 Å². The van der Waals surface area contributed by atoms with E-state index in [1.54, 1.807) is 0 Å². The van der Waals surface area contributed by atoms with E-state index in [0.717, 1.165) is 30.5 Å². The van der Waals surface area contributed by atoms with Crippen molar-refractivity contribution in [1.29, 1.82) is 0 Å². The Bertz CT molecular complexity index is 606. The highest BCUT2D eigenvalue weighted by atomic mass is 35.6. The molecule has 1 amide bonds.